The average Bonchev–Trinajstić information content (AvgIpc) is 3.72. The summed E-state index contributed by atoms with van der Waals surface area (Å²) in [6, 6.07) is 7.99. The van der Waals surface area contributed by atoms with Gasteiger partial charge in [-0.3, -0.25) is 14.0 Å². The molecule has 0 bridgehead atoms. The van der Waals surface area contributed by atoms with Gasteiger partial charge in [0.25, 0.3) is 5.91 Å². The van der Waals surface area contributed by atoms with Crippen LogP contribution in [0.1, 0.15) is 40.7 Å². The minimum Gasteiger partial charge on any atom is -0.382 e. The Kier molecular flexibility index (Phi) is 6.37. The second kappa shape index (κ2) is 9.90. The first-order chi connectivity index (χ1) is 19.2. The molecular weight excluding hydrogens is 527 g/mol. The lowest BCUT2D eigenvalue weighted by Crippen LogP contribution is -2.43. The van der Waals surface area contributed by atoms with Crippen molar-refractivity contribution in [3.8, 4) is 11.3 Å². The second-order valence-corrected chi connectivity index (χ2v) is 9.73. The fourth-order valence-corrected chi connectivity index (χ4v) is 4.75. The van der Waals surface area contributed by atoms with Gasteiger partial charge in [-0.05, 0) is 37.1 Å². The van der Waals surface area contributed by atoms with E-state index in [0.29, 0.717) is 42.3 Å². The molecule has 1 aliphatic carbocycles. The molecule has 4 heterocycles. The monoisotopic (exact) mass is 551 g/mol. The van der Waals surface area contributed by atoms with Crippen molar-refractivity contribution in [1.29, 1.82) is 0 Å². The second-order valence-electron chi connectivity index (χ2n) is 9.73. The number of morpholine rings is 1. The standard InChI is InChI=1S/C27H24F3N7O3/c28-27(29,30)18-7-8-32-20(13-18)34-25(38)16-3-1-15(2-4-16)21-22-23(31)33-9-10-37(22)24(35-21)19-14-36(11-12-40-19)26(39)17-5-6-17/h1-4,7-10,13,17,19H,5-6,11-12,14H2,(H2,31,33)(H,32,34,38)/t19-/m0/s1. The highest BCUT2D eigenvalue weighted by molar-refractivity contribution is 6.04. The summed E-state index contributed by atoms with van der Waals surface area (Å²) >= 11 is 0. The highest BCUT2D eigenvalue weighted by Crippen LogP contribution is 2.35. The van der Waals surface area contributed by atoms with E-state index in [1.54, 1.807) is 28.9 Å². The van der Waals surface area contributed by atoms with Crippen LogP contribution in [0.5, 0.6) is 0 Å². The molecule has 4 aromatic rings. The number of hydrogen-bond donors (Lipinski definition) is 2. The molecule has 3 aromatic heterocycles. The lowest BCUT2D eigenvalue weighted by molar-refractivity contribution is -0.140. The van der Waals surface area contributed by atoms with Gasteiger partial charge in [-0.25, -0.2) is 15.0 Å². The quantitative estimate of drug-likeness (QED) is 0.384. The molecule has 6 rings (SSSR count). The molecule has 13 heteroatoms. The topological polar surface area (TPSA) is 128 Å². The number of amides is 2. The summed E-state index contributed by atoms with van der Waals surface area (Å²) in [4.78, 5) is 40.0. The Balaban J connectivity index is 1.27. The number of benzene rings is 1. The summed E-state index contributed by atoms with van der Waals surface area (Å²) in [5.74, 6) is 0.233. The maximum Gasteiger partial charge on any atom is 0.416 e. The highest BCUT2D eigenvalue weighted by atomic mass is 19.4. The number of pyridine rings is 1. The van der Waals surface area contributed by atoms with Gasteiger partial charge < -0.3 is 20.7 Å². The predicted octanol–water partition coefficient (Wildman–Crippen LogP) is 3.95. The summed E-state index contributed by atoms with van der Waals surface area (Å²) < 4.78 is 46.8. The first kappa shape index (κ1) is 25.7. The molecule has 0 radical (unpaired) electrons. The van der Waals surface area contributed by atoms with Crippen molar-refractivity contribution in [3.05, 3.63) is 71.9 Å². The maximum atomic E-state index is 13.0. The number of hydrogen-bond acceptors (Lipinski definition) is 7. The third-order valence-electron chi connectivity index (χ3n) is 6.95. The van der Waals surface area contributed by atoms with Crippen LogP contribution in [-0.2, 0) is 15.7 Å². The molecule has 1 aliphatic heterocycles. The van der Waals surface area contributed by atoms with E-state index in [0.717, 1.165) is 31.2 Å². The van der Waals surface area contributed by atoms with Crippen LogP contribution in [0.4, 0.5) is 24.8 Å². The first-order valence-electron chi connectivity index (χ1n) is 12.7. The van der Waals surface area contributed by atoms with E-state index in [1.807, 2.05) is 4.90 Å². The van der Waals surface area contributed by atoms with Crippen molar-refractivity contribution in [2.24, 2.45) is 5.92 Å². The van der Waals surface area contributed by atoms with Gasteiger partial charge in [0.05, 0.1) is 18.7 Å². The number of carbonyl (C=O) groups excluding carboxylic acids is 2. The molecule has 2 aliphatic rings. The van der Waals surface area contributed by atoms with Gasteiger partial charge >= 0.3 is 6.18 Å². The van der Waals surface area contributed by atoms with Crippen LogP contribution in [0.15, 0.2) is 55.0 Å². The minimum atomic E-state index is -4.55. The van der Waals surface area contributed by atoms with Crippen LogP contribution in [0.25, 0.3) is 16.8 Å². The number of aromatic nitrogens is 4. The number of fused-ring (bicyclic) bond motifs is 1. The number of carbonyl (C=O) groups is 2. The Bertz CT molecular complexity index is 1600. The molecule has 2 amide bonds. The highest BCUT2D eigenvalue weighted by Gasteiger charge is 2.37. The fraction of sp³-hybridized carbons (Fsp3) is 0.296. The van der Waals surface area contributed by atoms with Crippen molar-refractivity contribution >= 4 is 29.0 Å². The molecule has 1 atom stereocenters. The van der Waals surface area contributed by atoms with E-state index in [-0.39, 0.29) is 29.0 Å². The Labute approximate surface area is 226 Å². The lowest BCUT2D eigenvalue weighted by Gasteiger charge is -2.32. The van der Waals surface area contributed by atoms with Crippen molar-refractivity contribution in [3.63, 3.8) is 0 Å². The van der Waals surface area contributed by atoms with Gasteiger partial charge in [0.1, 0.15) is 34.8 Å². The Morgan fingerprint density at radius 1 is 1.07 bits per heavy atom. The molecule has 0 unspecified atom stereocenters. The van der Waals surface area contributed by atoms with Crippen molar-refractivity contribution in [1.82, 2.24) is 24.3 Å². The third-order valence-corrected chi connectivity index (χ3v) is 6.95. The number of ether oxygens (including phenoxy) is 1. The van der Waals surface area contributed by atoms with E-state index in [9.17, 15) is 22.8 Å². The molecule has 40 heavy (non-hydrogen) atoms. The molecule has 3 N–H and O–H groups in total. The van der Waals surface area contributed by atoms with E-state index in [4.69, 9.17) is 15.5 Å². The molecule has 206 valence electrons. The number of rotatable bonds is 5. The van der Waals surface area contributed by atoms with Gasteiger partial charge in [-0.15, -0.1) is 0 Å². The van der Waals surface area contributed by atoms with Crippen molar-refractivity contribution in [2.75, 3.05) is 30.7 Å². The molecular formula is C27H24F3N7O3. The van der Waals surface area contributed by atoms with E-state index >= 15 is 0 Å². The summed E-state index contributed by atoms with van der Waals surface area (Å²) in [7, 11) is 0. The number of halogens is 3. The molecule has 1 aromatic carbocycles. The van der Waals surface area contributed by atoms with Crippen LogP contribution >= 0.6 is 0 Å². The van der Waals surface area contributed by atoms with Gasteiger partial charge in [0, 0.05) is 42.2 Å². The van der Waals surface area contributed by atoms with Crippen LogP contribution in [0, 0.1) is 5.92 Å². The Hall–Kier alpha value is -4.52. The van der Waals surface area contributed by atoms with Crippen LogP contribution in [-0.4, -0.2) is 55.8 Å². The number of anilines is 2. The Morgan fingerprint density at radius 2 is 1.85 bits per heavy atom. The number of alkyl halides is 3. The average molecular weight is 552 g/mol. The first-order valence-corrected chi connectivity index (χ1v) is 12.7. The van der Waals surface area contributed by atoms with Crippen molar-refractivity contribution in [2.45, 2.75) is 25.1 Å². The van der Waals surface area contributed by atoms with Crippen LogP contribution < -0.4 is 11.1 Å². The maximum absolute atomic E-state index is 13.0. The van der Waals surface area contributed by atoms with Gasteiger partial charge in [-0.2, -0.15) is 13.2 Å². The number of nitrogens with zero attached hydrogens (tertiary/aromatic N) is 5. The smallest absolute Gasteiger partial charge is 0.382 e. The summed E-state index contributed by atoms with van der Waals surface area (Å²) in [6.07, 6.45) is 1.09. The van der Waals surface area contributed by atoms with E-state index in [1.165, 1.54) is 12.1 Å². The summed E-state index contributed by atoms with van der Waals surface area (Å²) in [5.41, 5.74) is 7.24. The normalized spacial score (nSPS) is 17.7. The zero-order chi connectivity index (χ0) is 28.0. The summed E-state index contributed by atoms with van der Waals surface area (Å²) in [5, 5.41) is 2.39. The zero-order valence-corrected chi connectivity index (χ0v) is 21.1. The fourth-order valence-electron chi connectivity index (χ4n) is 4.75. The number of nitrogen functional groups attached to an aromatic ring is 1. The van der Waals surface area contributed by atoms with Crippen molar-refractivity contribution < 1.29 is 27.5 Å². The third kappa shape index (κ3) is 4.95. The van der Waals surface area contributed by atoms with Gasteiger partial charge in [-0.1, -0.05) is 12.1 Å². The molecule has 2 fully saturated rings. The SMILES string of the molecule is Nc1nccn2c([C@@H]3CN(C(=O)C4CC4)CCO3)nc(-c3ccc(C(=O)Nc4cc(C(F)(F)F)ccn4)cc3)c12. The summed E-state index contributed by atoms with van der Waals surface area (Å²) in [6.45, 7) is 1.29. The Morgan fingerprint density at radius 3 is 2.58 bits per heavy atom. The van der Waals surface area contributed by atoms with E-state index < -0.39 is 23.8 Å². The minimum absolute atomic E-state index is 0.103. The van der Waals surface area contributed by atoms with Gasteiger partial charge in [0.15, 0.2) is 0 Å². The van der Waals surface area contributed by atoms with Crippen LogP contribution in [0.2, 0.25) is 0 Å². The molecule has 1 saturated heterocycles. The molecule has 1 saturated carbocycles. The van der Waals surface area contributed by atoms with Gasteiger partial charge in [0.2, 0.25) is 5.91 Å². The van der Waals surface area contributed by atoms with Crippen LogP contribution in [0.3, 0.4) is 0 Å². The zero-order valence-electron chi connectivity index (χ0n) is 21.1. The lowest BCUT2D eigenvalue weighted by atomic mass is 10.1. The predicted molar refractivity (Wildman–Crippen MR) is 138 cm³/mol. The molecule has 10 nitrogen and oxygen atoms in total. The van der Waals surface area contributed by atoms with E-state index in [2.05, 4.69) is 15.3 Å². The number of nitrogens with two attached hydrogens (primary N) is 1. The largest absolute Gasteiger partial charge is 0.416 e. The molecule has 0 spiro atoms. The number of nitrogens with one attached hydrogen (secondary N) is 1. The number of imidazole rings is 1.